The molecule has 0 atom stereocenters. The Hall–Kier alpha value is -1.12. The van der Waals surface area contributed by atoms with Gasteiger partial charge in [0.25, 0.3) is 0 Å². The molecule has 1 heterocycles. The lowest BCUT2D eigenvalue weighted by Gasteiger charge is -2.13. The molecule has 2 N–H and O–H groups in total. The number of hydrogen-bond acceptors (Lipinski definition) is 3. The van der Waals surface area contributed by atoms with Crippen LogP contribution >= 0.6 is 24.0 Å². The van der Waals surface area contributed by atoms with Gasteiger partial charge >= 0.3 is 0 Å². The third-order valence-electron chi connectivity index (χ3n) is 2.69. The van der Waals surface area contributed by atoms with Crippen LogP contribution in [-0.2, 0) is 13.0 Å². The highest BCUT2D eigenvalue weighted by Gasteiger charge is 2.02. The summed E-state index contributed by atoms with van der Waals surface area (Å²) in [6.07, 6.45) is 4.48. The van der Waals surface area contributed by atoms with E-state index in [2.05, 4.69) is 57.7 Å². The van der Waals surface area contributed by atoms with Gasteiger partial charge in [-0.2, -0.15) is 0 Å². The summed E-state index contributed by atoms with van der Waals surface area (Å²) < 4.78 is 2.06. The van der Waals surface area contributed by atoms with Crippen molar-refractivity contribution in [2.75, 3.05) is 19.6 Å². The minimum Gasteiger partial charge on any atom is -0.355 e. The van der Waals surface area contributed by atoms with E-state index in [1.165, 1.54) is 0 Å². The molecule has 0 aromatic carbocycles. The smallest absolute Gasteiger partial charge is 0.191 e. The van der Waals surface area contributed by atoms with E-state index in [1.807, 2.05) is 6.08 Å². The summed E-state index contributed by atoms with van der Waals surface area (Å²) in [5.41, 5.74) is 0. The summed E-state index contributed by atoms with van der Waals surface area (Å²) in [6.45, 7) is 13.2. The SMILES string of the molecule is C=CCNC(=NCC(C)C)NCCn1cnnc1CC.I. The van der Waals surface area contributed by atoms with Crippen LogP contribution < -0.4 is 10.6 Å². The molecule has 1 aromatic rings. The lowest BCUT2D eigenvalue weighted by atomic mass is 10.2. The number of aryl methyl sites for hydroxylation is 1. The molecule has 6 nitrogen and oxygen atoms in total. The number of aromatic nitrogens is 3. The quantitative estimate of drug-likeness (QED) is 0.299. The lowest BCUT2D eigenvalue weighted by Crippen LogP contribution is -2.39. The molecule has 1 rings (SSSR count). The fourth-order valence-electron chi connectivity index (χ4n) is 1.65. The van der Waals surface area contributed by atoms with E-state index in [9.17, 15) is 0 Å². The van der Waals surface area contributed by atoms with Gasteiger partial charge in [0.1, 0.15) is 12.2 Å². The van der Waals surface area contributed by atoms with Crippen LogP contribution in [0.4, 0.5) is 0 Å². The molecule has 0 radical (unpaired) electrons. The summed E-state index contributed by atoms with van der Waals surface area (Å²) in [5, 5.41) is 14.5. The van der Waals surface area contributed by atoms with E-state index < -0.39 is 0 Å². The van der Waals surface area contributed by atoms with E-state index in [0.29, 0.717) is 12.5 Å². The van der Waals surface area contributed by atoms with Crippen molar-refractivity contribution in [3.05, 3.63) is 24.8 Å². The van der Waals surface area contributed by atoms with Gasteiger partial charge in [-0.05, 0) is 5.92 Å². The van der Waals surface area contributed by atoms with Crippen LogP contribution in [0.25, 0.3) is 0 Å². The van der Waals surface area contributed by atoms with Gasteiger partial charge in [-0.25, -0.2) is 0 Å². The van der Waals surface area contributed by atoms with Gasteiger partial charge in [-0.3, -0.25) is 4.99 Å². The van der Waals surface area contributed by atoms with E-state index in [-0.39, 0.29) is 24.0 Å². The molecular formula is C14H27IN6. The number of nitrogens with one attached hydrogen (secondary N) is 2. The van der Waals surface area contributed by atoms with Gasteiger partial charge < -0.3 is 15.2 Å². The van der Waals surface area contributed by atoms with Crippen LogP contribution in [0, 0.1) is 5.92 Å². The molecule has 0 aliphatic rings. The van der Waals surface area contributed by atoms with Gasteiger partial charge in [0.05, 0.1) is 0 Å². The van der Waals surface area contributed by atoms with E-state index in [1.54, 1.807) is 6.33 Å². The van der Waals surface area contributed by atoms with Crippen molar-refractivity contribution < 1.29 is 0 Å². The molecular weight excluding hydrogens is 379 g/mol. The second kappa shape index (κ2) is 11.5. The molecule has 120 valence electrons. The fourth-order valence-corrected chi connectivity index (χ4v) is 1.65. The van der Waals surface area contributed by atoms with Crippen molar-refractivity contribution in [2.45, 2.75) is 33.7 Å². The Balaban J connectivity index is 0.00000400. The van der Waals surface area contributed by atoms with Gasteiger partial charge in [-0.15, -0.1) is 40.8 Å². The van der Waals surface area contributed by atoms with Crippen LogP contribution in [0.2, 0.25) is 0 Å². The minimum absolute atomic E-state index is 0. The van der Waals surface area contributed by atoms with Crippen LogP contribution in [0.15, 0.2) is 24.0 Å². The standard InChI is InChI=1S/C14H26N6.HI/c1-5-7-15-14(17-10-12(3)4)16-8-9-20-11-18-19-13(20)6-2;/h5,11-12H,1,6-10H2,2-4H3,(H2,15,16,17);1H. The molecule has 21 heavy (non-hydrogen) atoms. The molecule has 1 aromatic heterocycles. The fraction of sp³-hybridized carbons (Fsp3) is 0.643. The zero-order chi connectivity index (χ0) is 14.8. The second-order valence-corrected chi connectivity index (χ2v) is 4.97. The summed E-state index contributed by atoms with van der Waals surface area (Å²) >= 11 is 0. The molecule has 0 aliphatic carbocycles. The van der Waals surface area contributed by atoms with Crippen LogP contribution in [-0.4, -0.2) is 40.4 Å². The molecule has 0 bridgehead atoms. The minimum atomic E-state index is 0. The first-order chi connectivity index (χ1) is 9.67. The van der Waals surface area contributed by atoms with Crippen LogP contribution in [0.5, 0.6) is 0 Å². The van der Waals surface area contributed by atoms with Crippen LogP contribution in [0.3, 0.4) is 0 Å². The largest absolute Gasteiger partial charge is 0.355 e. The number of nitrogens with zero attached hydrogens (tertiary/aromatic N) is 4. The van der Waals surface area contributed by atoms with Crippen molar-refractivity contribution in [2.24, 2.45) is 10.9 Å². The predicted molar refractivity (Wildman–Crippen MR) is 98.2 cm³/mol. The molecule has 0 aliphatic heterocycles. The van der Waals surface area contributed by atoms with Gasteiger partial charge in [0.2, 0.25) is 0 Å². The van der Waals surface area contributed by atoms with Gasteiger partial charge in [-0.1, -0.05) is 26.8 Å². The molecule has 7 heteroatoms. The Morgan fingerprint density at radius 2 is 2.24 bits per heavy atom. The Labute approximate surface area is 144 Å². The first-order valence-electron chi connectivity index (χ1n) is 7.17. The first kappa shape index (κ1) is 19.9. The Morgan fingerprint density at radius 1 is 1.48 bits per heavy atom. The summed E-state index contributed by atoms with van der Waals surface area (Å²) in [4.78, 5) is 4.53. The number of halogens is 1. The molecule has 0 fully saturated rings. The average molecular weight is 406 g/mol. The molecule has 0 amide bonds. The van der Waals surface area contributed by atoms with E-state index in [0.717, 1.165) is 37.8 Å². The number of rotatable bonds is 8. The zero-order valence-electron chi connectivity index (χ0n) is 13.2. The maximum Gasteiger partial charge on any atom is 0.191 e. The van der Waals surface area contributed by atoms with Gasteiger partial charge in [0, 0.05) is 32.6 Å². The maximum absolute atomic E-state index is 4.53. The highest BCUT2D eigenvalue weighted by molar-refractivity contribution is 14.0. The van der Waals surface area contributed by atoms with Gasteiger partial charge in [0.15, 0.2) is 5.96 Å². The summed E-state index contributed by atoms with van der Waals surface area (Å²) in [7, 11) is 0. The second-order valence-electron chi connectivity index (χ2n) is 4.97. The zero-order valence-corrected chi connectivity index (χ0v) is 15.5. The Kier molecular flexibility index (Phi) is 10.9. The topological polar surface area (TPSA) is 67.1 Å². The lowest BCUT2D eigenvalue weighted by molar-refractivity contribution is 0.625. The highest BCUT2D eigenvalue weighted by Crippen LogP contribution is 1.95. The summed E-state index contributed by atoms with van der Waals surface area (Å²) in [6, 6.07) is 0. The normalized spacial score (nSPS) is 11.1. The molecule has 0 saturated heterocycles. The average Bonchev–Trinajstić information content (AvgIpc) is 2.88. The van der Waals surface area contributed by atoms with Crippen molar-refractivity contribution in [3.63, 3.8) is 0 Å². The number of guanidine groups is 1. The number of hydrogen-bond donors (Lipinski definition) is 2. The third kappa shape index (κ3) is 8.03. The molecule has 0 saturated carbocycles. The van der Waals surface area contributed by atoms with Crippen molar-refractivity contribution in [3.8, 4) is 0 Å². The Morgan fingerprint density at radius 3 is 2.86 bits per heavy atom. The maximum atomic E-state index is 4.53. The number of aliphatic imine (C=N–C) groups is 1. The van der Waals surface area contributed by atoms with E-state index >= 15 is 0 Å². The van der Waals surface area contributed by atoms with Crippen molar-refractivity contribution in [1.82, 2.24) is 25.4 Å². The first-order valence-corrected chi connectivity index (χ1v) is 7.17. The van der Waals surface area contributed by atoms with Crippen LogP contribution in [0.1, 0.15) is 26.6 Å². The molecule has 0 unspecified atom stereocenters. The van der Waals surface area contributed by atoms with E-state index in [4.69, 9.17) is 0 Å². The Bertz CT molecular complexity index is 427. The van der Waals surface area contributed by atoms with Crippen molar-refractivity contribution in [1.29, 1.82) is 0 Å². The third-order valence-corrected chi connectivity index (χ3v) is 2.69. The van der Waals surface area contributed by atoms with Crippen molar-refractivity contribution >= 4 is 29.9 Å². The molecule has 0 spiro atoms. The predicted octanol–water partition coefficient (Wildman–Crippen LogP) is 1.84. The highest BCUT2D eigenvalue weighted by atomic mass is 127. The monoisotopic (exact) mass is 406 g/mol. The summed E-state index contributed by atoms with van der Waals surface area (Å²) in [5.74, 6) is 2.37.